The predicted octanol–water partition coefficient (Wildman–Crippen LogP) is 2.26. The first-order valence-electron chi connectivity index (χ1n) is 6.61. The molecule has 0 atom stereocenters. The number of hydrogen-bond donors (Lipinski definition) is 0. The first-order valence-corrected chi connectivity index (χ1v) is 6.61. The van der Waals surface area contributed by atoms with E-state index in [1.807, 2.05) is 6.92 Å². The molecule has 0 aromatic rings. The van der Waals surface area contributed by atoms with Crippen LogP contribution < -0.4 is 0 Å². The van der Waals surface area contributed by atoms with E-state index in [0.717, 1.165) is 32.1 Å². The molecular weight excluding hydrogens is 220 g/mol. The molecule has 2 fully saturated rings. The van der Waals surface area contributed by atoms with E-state index >= 15 is 0 Å². The van der Waals surface area contributed by atoms with E-state index in [9.17, 15) is 4.79 Å². The lowest BCUT2D eigenvalue weighted by Gasteiger charge is -2.41. The van der Waals surface area contributed by atoms with Gasteiger partial charge in [-0.05, 0) is 26.2 Å². The first-order chi connectivity index (χ1) is 8.16. The van der Waals surface area contributed by atoms with Gasteiger partial charge in [-0.15, -0.1) is 0 Å². The molecule has 0 bridgehead atoms. The maximum absolute atomic E-state index is 12.1. The molecule has 1 saturated heterocycles. The highest BCUT2D eigenvalue weighted by atomic mass is 16.7. The summed E-state index contributed by atoms with van der Waals surface area (Å²) >= 11 is 0. The quantitative estimate of drug-likeness (QED) is 0.712. The van der Waals surface area contributed by atoms with Crippen LogP contribution >= 0.6 is 0 Å². The minimum absolute atomic E-state index is 0.0460. The molecule has 0 amide bonds. The van der Waals surface area contributed by atoms with Crippen LogP contribution in [0.25, 0.3) is 0 Å². The highest BCUT2D eigenvalue weighted by Gasteiger charge is 2.49. The molecule has 4 nitrogen and oxygen atoms in total. The van der Waals surface area contributed by atoms with Crippen LogP contribution in [0.3, 0.4) is 0 Å². The molecule has 1 heterocycles. The minimum atomic E-state index is -0.398. The van der Waals surface area contributed by atoms with Gasteiger partial charge in [-0.25, -0.2) is 0 Å². The van der Waals surface area contributed by atoms with Gasteiger partial charge >= 0.3 is 5.97 Å². The fourth-order valence-electron chi connectivity index (χ4n) is 2.88. The SMILES string of the molecule is CCOC(=O)C1(CC)CCC2(CC1)OCCO2. The van der Waals surface area contributed by atoms with Gasteiger partial charge in [-0.1, -0.05) is 6.92 Å². The molecule has 0 aromatic carbocycles. The van der Waals surface area contributed by atoms with E-state index in [1.165, 1.54) is 0 Å². The van der Waals surface area contributed by atoms with E-state index in [-0.39, 0.29) is 11.4 Å². The maximum Gasteiger partial charge on any atom is 0.312 e. The zero-order valence-electron chi connectivity index (χ0n) is 10.8. The second-order valence-electron chi connectivity index (χ2n) is 4.96. The van der Waals surface area contributed by atoms with Crippen LogP contribution in [0.2, 0.25) is 0 Å². The third-order valence-corrected chi connectivity index (χ3v) is 4.17. The summed E-state index contributed by atoms with van der Waals surface area (Å²) in [7, 11) is 0. The number of esters is 1. The summed E-state index contributed by atoms with van der Waals surface area (Å²) in [5.74, 6) is -0.444. The molecule has 0 unspecified atom stereocenters. The van der Waals surface area contributed by atoms with Crippen molar-refractivity contribution in [2.24, 2.45) is 5.41 Å². The van der Waals surface area contributed by atoms with Crippen LogP contribution in [0.4, 0.5) is 0 Å². The monoisotopic (exact) mass is 242 g/mol. The summed E-state index contributed by atoms with van der Waals surface area (Å²) in [5.41, 5.74) is -0.309. The van der Waals surface area contributed by atoms with Crippen molar-refractivity contribution in [2.45, 2.75) is 51.7 Å². The van der Waals surface area contributed by atoms with Gasteiger partial charge in [-0.2, -0.15) is 0 Å². The molecule has 17 heavy (non-hydrogen) atoms. The normalized spacial score (nSPS) is 26.0. The number of rotatable bonds is 3. The average Bonchev–Trinajstić information content (AvgIpc) is 2.80. The van der Waals surface area contributed by atoms with E-state index in [2.05, 4.69) is 6.92 Å². The third-order valence-electron chi connectivity index (χ3n) is 4.17. The number of ether oxygens (including phenoxy) is 3. The smallest absolute Gasteiger partial charge is 0.312 e. The average molecular weight is 242 g/mol. The zero-order valence-corrected chi connectivity index (χ0v) is 10.8. The van der Waals surface area contributed by atoms with Crippen LogP contribution in [-0.4, -0.2) is 31.6 Å². The maximum atomic E-state index is 12.1. The van der Waals surface area contributed by atoms with Crippen molar-refractivity contribution in [3.8, 4) is 0 Å². The number of carbonyl (C=O) groups excluding carboxylic acids is 1. The minimum Gasteiger partial charge on any atom is -0.466 e. The van der Waals surface area contributed by atoms with Gasteiger partial charge < -0.3 is 14.2 Å². The molecule has 2 rings (SSSR count). The summed E-state index contributed by atoms with van der Waals surface area (Å²) in [6.45, 7) is 5.73. The molecule has 0 radical (unpaired) electrons. The molecule has 1 saturated carbocycles. The van der Waals surface area contributed by atoms with E-state index in [1.54, 1.807) is 0 Å². The lowest BCUT2D eigenvalue weighted by Crippen LogP contribution is -2.44. The molecule has 1 spiro atoms. The zero-order chi connectivity index (χ0) is 12.4. The lowest BCUT2D eigenvalue weighted by atomic mass is 9.70. The molecule has 1 aliphatic carbocycles. The van der Waals surface area contributed by atoms with Gasteiger partial charge in [0.15, 0.2) is 5.79 Å². The highest BCUT2D eigenvalue weighted by Crippen LogP contribution is 2.47. The van der Waals surface area contributed by atoms with Crippen LogP contribution in [0.5, 0.6) is 0 Å². The Balaban J connectivity index is 2.01. The second-order valence-corrected chi connectivity index (χ2v) is 4.96. The van der Waals surface area contributed by atoms with Gasteiger partial charge in [0.25, 0.3) is 0 Å². The topological polar surface area (TPSA) is 44.8 Å². The van der Waals surface area contributed by atoms with Gasteiger partial charge in [0.2, 0.25) is 0 Å². The van der Waals surface area contributed by atoms with Crippen molar-refractivity contribution in [1.29, 1.82) is 0 Å². The molecule has 98 valence electrons. The summed E-state index contributed by atoms with van der Waals surface area (Å²) in [6.07, 6.45) is 4.06. The summed E-state index contributed by atoms with van der Waals surface area (Å²) in [6, 6.07) is 0. The Kier molecular flexibility index (Phi) is 3.73. The summed E-state index contributed by atoms with van der Waals surface area (Å²) in [4.78, 5) is 12.1. The molecule has 4 heteroatoms. The van der Waals surface area contributed by atoms with Crippen LogP contribution in [0.1, 0.15) is 46.0 Å². The van der Waals surface area contributed by atoms with Gasteiger partial charge in [0, 0.05) is 12.8 Å². The largest absolute Gasteiger partial charge is 0.466 e. The van der Waals surface area contributed by atoms with Crippen molar-refractivity contribution < 1.29 is 19.0 Å². The number of carbonyl (C=O) groups is 1. The Bertz CT molecular complexity index is 271. The molecule has 0 aromatic heterocycles. The molecule has 2 aliphatic rings. The Hall–Kier alpha value is -0.610. The van der Waals surface area contributed by atoms with Crippen LogP contribution in [0.15, 0.2) is 0 Å². The van der Waals surface area contributed by atoms with Crippen molar-refractivity contribution >= 4 is 5.97 Å². The Morgan fingerprint density at radius 1 is 1.12 bits per heavy atom. The first kappa shape index (κ1) is 12.8. The van der Waals surface area contributed by atoms with Gasteiger partial charge in [0.05, 0.1) is 25.2 Å². The van der Waals surface area contributed by atoms with Gasteiger partial charge in [0.1, 0.15) is 0 Å². The predicted molar refractivity (Wildman–Crippen MR) is 62.5 cm³/mol. The fourth-order valence-corrected chi connectivity index (χ4v) is 2.88. The Morgan fingerprint density at radius 3 is 2.18 bits per heavy atom. The van der Waals surface area contributed by atoms with Gasteiger partial charge in [-0.3, -0.25) is 4.79 Å². The summed E-state index contributed by atoms with van der Waals surface area (Å²) < 4.78 is 16.6. The third kappa shape index (κ3) is 2.33. The van der Waals surface area contributed by atoms with Crippen molar-refractivity contribution in [3.05, 3.63) is 0 Å². The number of hydrogen-bond acceptors (Lipinski definition) is 4. The van der Waals surface area contributed by atoms with Crippen LogP contribution in [0, 0.1) is 5.41 Å². The highest BCUT2D eigenvalue weighted by molar-refractivity contribution is 5.77. The standard InChI is InChI=1S/C13H22O4/c1-3-12(11(14)15-4-2)5-7-13(8-6-12)16-9-10-17-13/h3-10H2,1-2H3. The molecule has 0 N–H and O–H groups in total. The fraction of sp³-hybridized carbons (Fsp3) is 0.923. The van der Waals surface area contributed by atoms with E-state index in [4.69, 9.17) is 14.2 Å². The van der Waals surface area contributed by atoms with E-state index in [0.29, 0.717) is 19.8 Å². The van der Waals surface area contributed by atoms with E-state index < -0.39 is 5.79 Å². The molecular formula is C13H22O4. The van der Waals surface area contributed by atoms with Crippen LogP contribution in [-0.2, 0) is 19.0 Å². The van der Waals surface area contributed by atoms with Crippen molar-refractivity contribution in [2.75, 3.05) is 19.8 Å². The second kappa shape index (κ2) is 4.94. The summed E-state index contributed by atoms with van der Waals surface area (Å²) in [5, 5.41) is 0. The lowest BCUT2D eigenvalue weighted by molar-refractivity contribution is -0.199. The molecule has 1 aliphatic heterocycles. The Morgan fingerprint density at radius 2 is 1.71 bits per heavy atom. The van der Waals surface area contributed by atoms with Crippen molar-refractivity contribution in [1.82, 2.24) is 0 Å². The Labute approximate surface area is 103 Å². The van der Waals surface area contributed by atoms with Crippen molar-refractivity contribution in [3.63, 3.8) is 0 Å².